The van der Waals surface area contributed by atoms with Gasteiger partial charge in [0, 0.05) is 35.7 Å². The van der Waals surface area contributed by atoms with Crippen molar-refractivity contribution in [1.29, 1.82) is 0 Å². The third-order valence-corrected chi connectivity index (χ3v) is 4.71. The van der Waals surface area contributed by atoms with E-state index in [1.807, 2.05) is 12.1 Å². The Labute approximate surface area is 135 Å². The fourth-order valence-corrected chi connectivity index (χ4v) is 3.40. The van der Waals surface area contributed by atoms with Gasteiger partial charge in [-0.05, 0) is 35.2 Å². The normalized spacial score (nSPS) is 18.5. The van der Waals surface area contributed by atoms with E-state index >= 15 is 0 Å². The molecule has 1 aliphatic heterocycles. The number of halogens is 2. The summed E-state index contributed by atoms with van der Waals surface area (Å²) in [4.78, 5) is 2.40. The predicted octanol–water partition coefficient (Wildman–Crippen LogP) is 3.88. The quantitative estimate of drug-likeness (QED) is 0.929. The van der Waals surface area contributed by atoms with Crippen LogP contribution < -0.4 is 5.73 Å². The van der Waals surface area contributed by atoms with E-state index < -0.39 is 0 Å². The Morgan fingerprint density at radius 2 is 1.86 bits per heavy atom. The largest absolute Gasteiger partial charge is 0.329 e. The molecule has 0 bridgehead atoms. The smallest absolute Gasteiger partial charge is 0.0465 e. The highest BCUT2D eigenvalue weighted by Crippen LogP contribution is 2.27. The topological polar surface area (TPSA) is 29.3 Å². The molecule has 110 valence electrons. The van der Waals surface area contributed by atoms with E-state index in [0.717, 1.165) is 30.1 Å². The maximum atomic E-state index is 6.30. The average Bonchev–Trinajstić information content (AvgIpc) is 2.49. The predicted molar refractivity (Wildman–Crippen MR) is 88.7 cm³/mol. The molecule has 1 unspecified atom stereocenters. The number of nitrogens with zero attached hydrogens (tertiary/aromatic N) is 1. The lowest BCUT2D eigenvalue weighted by molar-refractivity contribution is 0.167. The first kappa shape index (κ1) is 14.9. The maximum Gasteiger partial charge on any atom is 0.0465 e. The van der Waals surface area contributed by atoms with Crippen molar-refractivity contribution in [2.75, 3.05) is 6.54 Å². The van der Waals surface area contributed by atoms with Gasteiger partial charge in [-0.1, -0.05) is 53.5 Å². The van der Waals surface area contributed by atoms with Crippen LogP contribution in [0.4, 0.5) is 0 Å². The molecule has 0 saturated carbocycles. The van der Waals surface area contributed by atoms with Gasteiger partial charge in [-0.3, -0.25) is 4.90 Å². The summed E-state index contributed by atoms with van der Waals surface area (Å²) in [6.07, 6.45) is 0.998. The molecule has 1 atom stereocenters. The molecule has 2 N–H and O–H groups in total. The van der Waals surface area contributed by atoms with Crippen LogP contribution in [0, 0.1) is 0 Å². The first-order chi connectivity index (χ1) is 10.2. The molecule has 2 nitrogen and oxygen atoms in total. The number of rotatable bonds is 3. The van der Waals surface area contributed by atoms with Gasteiger partial charge in [-0.2, -0.15) is 0 Å². The standard InChI is InChI=1S/C17H18Cl2N2/c18-15-6-5-14(17(19)8-15)11-21-10-13-4-2-1-3-12(13)7-16(21)9-20/h1-6,8,16H,7,9-11,20H2. The van der Waals surface area contributed by atoms with Gasteiger partial charge in [0.2, 0.25) is 0 Å². The molecule has 2 aromatic carbocycles. The number of fused-ring (bicyclic) bond motifs is 1. The van der Waals surface area contributed by atoms with Crippen LogP contribution in [-0.4, -0.2) is 17.5 Å². The number of nitrogens with two attached hydrogens (primary N) is 1. The van der Waals surface area contributed by atoms with Crippen molar-refractivity contribution in [2.45, 2.75) is 25.6 Å². The van der Waals surface area contributed by atoms with E-state index in [2.05, 4.69) is 29.2 Å². The first-order valence-corrected chi connectivity index (χ1v) is 7.88. The molecule has 0 fully saturated rings. The molecule has 21 heavy (non-hydrogen) atoms. The molecular formula is C17H18Cl2N2. The molecule has 0 amide bonds. The highest BCUT2D eigenvalue weighted by atomic mass is 35.5. The highest BCUT2D eigenvalue weighted by molar-refractivity contribution is 6.35. The van der Waals surface area contributed by atoms with Gasteiger partial charge in [0.1, 0.15) is 0 Å². The lowest BCUT2D eigenvalue weighted by atomic mass is 9.93. The monoisotopic (exact) mass is 320 g/mol. The van der Waals surface area contributed by atoms with Gasteiger partial charge in [-0.15, -0.1) is 0 Å². The number of benzene rings is 2. The van der Waals surface area contributed by atoms with E-state index in [4.69, 9.17) is 28.9 Å². The first-order valence-electron chi connectivity index (χ1n) is 7.12. The second-order valence-corrected chi connectivity index (χ2v) is 6.35. The number of hydrogen-bond acceptors (Lipinski definition) is 2. The molecule has 0 aliphatic carbocycles. The number of hydrogen-bond donors (Lipinski definition) is 1. The van der Waals surface area contributed by atoms with E-state index in [0.29, 0.717) is 17.6 Å². The molecule has 1 heterocycles. The summed E-state index contributed by atoms with van der Waals surface area (Å²) in [5.41, 5.74) is 9.86. The van der Waals surface area contributed by atoms with Gasteiger partial charge in [-0.25, -0.2) is 0 Å². The minimum absolute atomic E-state index is 0.353. The van der Waals surface area contributed by atoms with Crippen molar-refractivity contribution in [2.24, 2.45) is 5.73 Å². The minimum Gasteiger partial charge on any atom is -0.329 e. The van der Waals surface area contributed by atoms with Gasteiger partial charge in [0.05, 0.1) is 0 Å². The van der Waals surface area contributed by atoms with Gasteiger partial charge in [0.15, 0.2) is 0 Å². The van der Waals surface area contributed by atoms with Crippen LogP contribution in [0.15, 0.2) is 42.5 Å². The van der Waals surface area contributed by atoms with Gasteiger partial charge < -0.3 is 5.73 Å². The third kappa shape index (κ3) is 3.24. The summed E-state index contributed by atoms with van der Waals surface area (Å²) in [7, 11) is 0. The zero-order chi connectivity index (χ0) is 14.8. The molecule has 2 aromatic rings. The maximum absolute atomic E-state index is 6.30. The molecule has 0 spiro atoms. The van der Waals surface area contributed by atoms with Crippen LogP contribution in [0.1, 0.15) is 16.7 Å². The summed E-state index contributed by atoms with van der Waals surface area (Å²) in [6.45, 7) is 2.36. The molecule has 0 aromatic heterocycles. The molecule has 1 aliphatic rings. The van der Waals surface area contributed by atoms with E-state index in [1.54, 1.807) is 6.07 Å². The molecule has 3 rings (SSSR count). The average molecular weight is 321 g/mol. The highest BCUT2D eigenvalue weighted by Gasteiger charge is 2.25. The zero-order valence-corrected chi connectivity index (χ0v) is 13.2. The molecule has 0 radical (unpaired) electrons. The summed E-state index contributed by atoms with van der Waals surface area (Å²) >= 11 is 12.3. The zero-order valence-electron chi connectivity index (χ0n) is 11.7. The van der Waals surface area contributed by atoms with Crippen LogP contribution in [0.2, 0.25) is 10.0 Å². The van der Waals surface area contributed by atoms with Crippen LogP contribution in [0.25, 0.3) is 0 Å². The minimum atomic E-state index is 0.353. The van der Waals surface area contributed by atoms with Crippen LogP contribution in [-0.2, 0) is 19.5 Å². The van der Waals surface area contributed by atoms with Crippen molar-refractivity contribution in [3.05, 3.63) is 69.2 Å². The lowest BCUT2D eigenvalue weighted by Crippen LogP contribution is -2.44. The molecular weight excluding hydrogens is 303 g/mol. The van der Waals surface area contributed by atoms with Crippen molar-refractivity contribution >= 4 is 23.2 Å². The van der Waals surface area contributed by atoms with Crippen molar-refractivity contribution in [1.82, 2.24) is 4.90 Å². The van der Waals surface area contributed by atoms with Gasteiger partial charge in [0.25, 0.3) is 0 Å². The van der Waals surface area contributed by atoms with E-state index in [1.165, 1.54) is 11.1 Å². The summed E-state index contributed by atoms with van der Waals surface area (Å²) < 4.78 is 0. The Bertz CT molecular complexity index is 642. The second kappa shape index (κ2) is 6.37. The Morgan fingerprint density at radius 1 is 1.10 bits per heavy atom. The summed E-state index contributed by atoms with van der Waals surface area (Å²) in [6, 6.07) is 14.6. The summed E-state index contributed by atoms with van der Waals surface area (Å²) in [5, 5.41) is 1.39. The lowest BCUT2D eigenvalue weighted by Gasteiger charge is -2.36. The Morgan fingerprint density at radius 3 is 2.57 bits per heavy atom. The van der Waals surface area contributed by atoms with Crippen molar-refractivity contribution < 1.29 is 0 Å². The Hall–Kier alpha value is -1.06. The fourth-order valence-electron chi connectivity index (χ4n) is 2.93. The molecule has 4 heteroatoms. The van der Waals surface area contributed by atoms with Crippen molar-refractivity contribution in [3.8, 4) is 0 Å². The summed E-state index contributed by atoms with van der Waals surface area (Å²) in [5.74, 6) is 0. The van der Waals surface area contributed by atoms with Crippen LogP contribution in [0.3, 0.4) is 0 Å². The fraction of sp³-hybridized carbons (Fsp3) is 0.294. The SMILES string of the molecule is NCC1Cc2ccccc2CN1Cc1ccc(Cl)cc1Cl. The Kier molecular flexibility index (Phi) is 4.51. The van der Waals surface area contributed by atoms with Gasteiger partial charge >= 0.3 is 0 Å². The van der Waals surface area contributed by atoms with Crippen LogP contribution >= 0.6 is 23.2 Å². The molecule has 0 saturated heterocycles. The van der Waals surface area contributed by atoms with E-state index in [-0.39, 0.29) is 0 Å². The third-order valence-electron chi connectivity index (χ3n) is 4.12. The Balaban J connectivity index is 1.84. The van der Waals surface area contributed by atoms with Crippen LogP contribution in [0.5, 0.6) is 0 Å². The second-order valence-electron chi connectivity index (χ2n) is 5.50. The van der Waals surface area contributed by atoms with E-state index in [9.17, 15) is 0 Å². The van der Waals surface area contributed by atoms with Crippen molar-refractivity contribution in [3.63, 3.8) is 0 Å².